The van der Waals surface area contributed by atoms with E-state index in [9.17, 15) is 9.18 Å². The molecule has 2 aromatic rings. The van der Waals surface area contributed by atoms with E-state index in [4.69, 9.17) is 0 Å². The van der Waals surface area contributed by atoms with Gasteiger partial charge in [0, 0.05) is 11.1 Å². The van der Waals surface area contributed by atoms with E-state index in [0.29, 0.717) is 11.1 Å². The SMILES string of the molecule is CCC=Cc1ccc(-c2ccc(C=O)cc2)c(F)c1. The molecule has 0 unspecified atom stereocenters. The summed E-state index contributed by atoms with van der Waals surface area (Å²) in [5.74, 6) is -0.253. The van der Waals surface area contributed by atoms with E-state index in [1.54, 1.807) is 30.3 Å². The van der Waals surface area contributed by atoms with Crippen molar-refractivity contribution in [1.29, 1.82) is 0 Å². The maximum absolute atomic E-state index is 14.0. The second kappa shape index (κ2) is 6.10. The summed E-state index contributed by atoms with van der Waals surface area (Å²) in [5, 5.41) is 0. The van der Waals surface area contributed by atoms with Gasteiger partial charge >= 0.3 is 0 Å². The molecule has 96 valence electrons. The number of aldehydes is 1. The molecule has 2 heteroatoms. The van der Waals surface area contributed by atoms with Crippen molar-refractivity contribution in [2.75, 3.05) is 0 Å². The van der Waals surface area contributed by atoms with E-state index >= 15 is 0 Å². The van der Waals surface area contributed by atoms with Crippen molar-refractivity contribution in [3.63, 3.8) is 0 Å². The lowest BCUT2D eigenvalue weighted by molar-refractivity contribution is 0.112. The van der Waals surface area contributed by atoms with Crippen LogP contribution < -0.4 is 0 Å². The van der Waals surface area contributed by atoms with Crippen LogP contribution in [0.1, 0.15) is 29.3 Å². The summed E-state index contributed by atoms with van der Waals surface area (Å²) < 4.78 is 14.0. The van der Waals surface area contributed by atoms with Gasteiger partial charge in [0.25, 0.3) is 0 Å². The Hall–Kier alpha value is -2.22. The number of rotatable bonds is 4. The fourth-order valence-corrected chi connectivity index (χ4v) is 1.86. The predicted octanol–water partition coefficient (Wildman–Crippen LogP) is 4.73. The number of carbonyl (C=O) groups is 1. The normalized spacial score (nSPS) is 10.8. The lowest BCUT2D eigenvalue weighted by atomic mass is 10.0. The Morgan fingerprint density at radius 2 is 1.74 bits per heavy atom. The number of halogens is 1. The first-order valence-corrected chi connectivity index (χ1v) is 6.26. The van der Waals surface area contributed by atoms with Crippen molar-refractivity contribution in [3.05, 3.63) is 65.5 Å². The van der Waals surface area contributed by atoms with Crippen molar-refractivity contribution in [3.8, 4) is 11.1 Å². The molecule has 0 saturated carbocycles. The van der Waals surface area contributed by atoms with Crippen molar-refractivity contribution in [1.82, 2.24) is 0 Å². The molecule has 0 fully saturated rings. The zero-order valence-electron chi connectivity index (χ0n) is 10.8. The molecule has 0 atom stereocenters. The molecule has 2 rings (SSSR count). The number of carbonyl (C=O) groups excluding carboxylic acids is 1. The smallest absolute Gasteiger partial charge is 0.150 e. The van der Waals surface area contributed by atoms with Gasteiger partial charge in [-0.3, -0.25) is 4.79 Å². The van der Waals surface area contributed by atoms with E-state index in [-0.39, 0.29) is 5.82 Å². The average Bonchev–Trinajstić information content (AvgIpc) is 2.45. The highest BCUT2D eigenvalue weighted by Crippen LogP contribution is 2.24. The second-order valence-corrected chi connectivity index (χ2v) is 4.29. The largest absolute Gasteiger partial charge is 0.298 e. The van der Waals surface area contributed by atoms with Crippen molar-refractivity contribution in [2.24, 2.45) is 0 Å². The quantitative estimate of drug-likeness (QED) is 0.721. The summed E-state index contributed by atoms with van der Waals surface area (Å²) in [6.45, 7) is 2.04. The molecule has 0 heterocycles. The molecule has 0 saturated heterocycles. The number of allylic oxidation sites excluding steroid dienone is 1. The predicted molar refractivity (Wildman–Crippen MR) is 76.5 cm³/mol. The van der Waals surface area contributed by atoms with Crippen molar-refractivity contribution < 1.29 is 9.18 Å². The Balaban J connectivity index is 2.34. The van der Waals surface area contributed by atoms with E-state index in [1.807, 2.05) is 25.1 Å². The highest BCUT2D eigenvalue weighted by atomic mass is 19.1. The van der Waals surface area contributed by atoms with Gasteiger partial charge in [-0.25, -0.2) is 4.39 Å². The molecule has 0 aliphatic rings. The molecule has 0 aliphatic heterocycles. The van der Waals surface area contributed by atoms with Gasteiger partial charge < -0.3 is 0 Å². The first-order valence-electron chi connectivity index (χ1n) is 6.26. The first kappa shape index (κ1) is 13.2. The van der Waals surface area contributed by atoms with Gasteiger partial charge in [-0.15, -0.1) is 0 Å². The van der Waals surface area contributed by atoms with E-state index in [1.165, 1.54) is 6.07 Å². The summed E-state index contributed by atoms with van der Waals surface area (Å²) in [5.41, 5.74) is 2.76. The molecule has 19 heavy (non-hydrogen) atoms. The standard InChI is InChI=1S/C17H15FO/c1-2-3-4-13-7-10-16(17(18)11-13)15-8-5-14(12-19)6-9-15/h3-12H,2H2,1H3. The molecular formula is C17H15FO. The van der Waals surface area contributed by atoms with Crippen LogP contribution >= 0.6 is 0 Å². The van der Waals surface area contributed by atoms with Crippen LogP contribution in [-0.2, 0) is 0 Å². The van der Waals surface area contributed by atoms with Gasteiger partial charge in [-0.2, -0.15) is 0 Å². The van der Waals surface area contributed by atoms with Gasteiger partial charge in [0.05, 0.1) is 0 Å². The molecule has 0 N–H and O–H groups in total. The van der Waals surface area contributed by atoms with Crippen LogP contribution in [0.15, 0.2) is 48.5 Å². The maximum Gasteiger partial charge on any atom is 0.150 e. The molecule has 0 radical (unpaired) electrons. The molecular weight excluding hydrogens is 239 g/mol. The van der Waals surface area contributed by atoms with E-state index < -0.39 is 0 Å². The Labute approximate surface area is 112 Å². The molecule has 0 bridgehead atoms. The van der Waals surface area contributed by atoms with Crippen LogP contribution in [0.3, 0.4) is 0 Å². The van der Waals surface area contributed by atoms with Crippen LogP contribution in [-0.4, -0.2) is 6.29 Å². The van der Waals surface area contributed by atoms with Gasteiger partial charge in [-0.1, -0.05) is 55.5 Å². The number of hydrogen-bond acceptors (Lipinski definition) is 1. The zero-order valence-corrected chi connectivity index (χ0v) is 10.8. The van der Waals surface area contributed by atoms with Gasteiger partial charge in [0.1, 0.15) is 12.1 Å². The minimum absolute atomic E-state index is 0.253. The Bertz CT molecular complexity index is 597. The van der Waals surface area contributed by atoms with Crippen LogP contribution in [0, 0.1) is 5.82 Å². The summed E-state index contributed by atoms with van der Waals surface area (Å²) in [6, 6.07) is 12.1. The molecule has 0 amide bonds. The van der Waals surface area contributed by atoms with Crippen LogP contribution in [0.5, 0.6) is 0 Å². The second-order valence-electron chi connectivity index (χ2n) is 4.29. The Kier molecular flexibility index (Phi) is 4.24. The summed E-state index contributed by atoms with van der Waals surface area (Å²) in [7, 11) is 0. The minimum Gasteiger partial charge on any atom is -0.298 e. The number of benzene rings is 2. The summed E-state index contributed by atoms with van der Waals surface area (Å²) in [6.07, 6.45) is 5.60. The Morgan fingerprint density at radius 1 is 1.05 bits per heavy atom. The number of hydrogen-bond donors (Lipinski definition) is 0. The zero-order chi connectivity index (χ0) is 13.7. The van der Waals surface area contributed by atoms with E-state index in [0.717, 1.165) is 23.8 Å². The third-order valence-electron chi connectivity index (χ3n) is 2.90. The Morgan fingerprint density at radius 3 is 2.32 bits per heavy atom. The fourth-order valence-electron chi connectivity index (χ4n) is 1.86. The third kappa shape index (κ3) is 3.16. The average molecular weight is 254 g/mol. The highest BCUT2D eigenvalue weighted by molar-refractivity contribution is 5.77. The maximum atomic E-state index is 14.0. The van der Waals surface area contributed by atoms with Crippen LogP contribution in [0.4, 0.5) is 4.39 Å². The van der Waals surface area contributed by atoms with Gasteiger partial charge in [0.15, 0.2) is 0 Å². The fraction of sp³-hybridized carbons (Fsp3) is 0.118. The van der Waals surface area contributed by atoms with Gasteiger partial charge in [0.2, 0.25) is 0 Å². The van der Waals surface area contributed by atoms with Crippen molar-refractivity contribution >= 4 is 12.4 Å². The van der Waals surface area contributed by atoms with Crippen molar-refractivity contribution in [2.45, 2.75) is 13.3 Å². The third-order valence-corrected chi connectivity index (χ3v) is 2.90. The lowest BCUT2D eigenvalue weighted by Gasteiger charge is -2.05. The minimum atomic E-state index is -0.253. The molecule has 0 spiro atoms. The highest BCUT2D eigenvalue weighted by Gasteiger charge is 2.05. The first-order chi connectivity index (χ1) is 9.24. The molecule has 2 aromatic carbocycles. The molecule has 1 nitrogen and oxygen atoms in total. The summed E-state index contributed by atoms with van der Waals surface area (Å²) in [4.78, 5) is 10.6. The monoisotopic (exact) mass is 254 g/mol. The topological polar surface area (TPSA) is 17.1 Å². The molecule has 0 aromatic heterocycles. The summed E-state index contributed by atoms with van der Waals surface area (Å²) >= 11 is 0. The van der Waals surface area contributed by atoms with Gasteiger partial charge in [-0.05, 0) is 23.6 Å². The van der Waals surface area contributed by atoms with Crippen LogP contribution in [0.2, 0.25) is 0 Å². The van der Waals surface area contributed by atoms with E-state index in [2.05, 4.69) is 0 Å². The molecule has 0 aliphatic carbocycles. The lowest BCUT2D eigenvalue weighted by Crippen LogP contribution is -1.87. The van der Waals surface area contributed by atoms with Crippen LogP contribution in [0.25, 0.3) is 17.2 Å².